The van der Waals surface area contributed by atoms with E-state index in [1.807, 2.05) is 5.38 Å². The Kier molecular flexibility index (Phi) is 6.06. The van der Waals surface area contributed by atoms with Gasteiger partial charge in [0, 0.05) is 29.4 Å². The number of halogens is 1. The molecule has 0 saturated carbocycles. The van der Waals surface area contributed by atoms with E-state index in [2.05, 4.69) is 0 Å². The number of hydrogen-bond donors (Lipinski definition) is 2. The predicted molar refractivity (Wildman–Crippen MR) is 92.4 cm³/mol. The topological polar surface area (TPSA) is 83.6 Å². The number of rotatable bonds is 2. The third kappa shape index (κ3) is 3.87. The molecule has 2 heterocycles. The number of aryl methyl sites for hydroxylation is 1. The van der Waals surface area contributed by atoms with Crippen LogP contribution >= 0.6 is 23.7 Å². The van der Waals surface area contributed by atoms with Crippen LogP contribution in [-0.4, -0.2) is 41.0 Å². The highest BCUT2D eigenvalue weighted by Gasteiger charge is 2.31. The molecule has 128 valence electrons. The van der Waals surface area contributed by atoms with E-state index >= 15 is 0 Å². The number of hydrogen-bond acceptors (Lipinski definition) is 4. The molecule has 1 aromatic heterocycles. The Morgan fingerprint density at radius 3 is 2.70 bits per heavy atom. The summed E-state index contributed by atoms with van der Waals surface area (Å²) >= 11 is 1.66. The third-order valence-corrected chi connectivity index (χ3v) is 5.80. The van der Waals surface area contributed by atoms with Crippen molar-refractivity contribution >= 4 is 35.6 Å². The summed E-state index contributed by atoms with van der Waals surface area (Å²) in [6, 6.07) is -0.136. The van der Waals surface area contributed by atoms with Gasteiger partial charge in [0.25, 0.3) is 5.91 Å². The first-order valence-electron chi connectivity index (χ1n) is 7.93. The molecule has 1 amide bonds. The van der Waals surface area contributed by atoms with Crippen LogP contribution in [0.2, 0.25) is 0 Å². The molecule has 0 radical (unpaired) electrons. The van der Waals surface area contributed by atoms with Gasteiger partial charge in [-0.2, -0.15) is 0 Å². The van der Waals surface area contributed by atoms with E-state index in [1.165, 1.54) is 16.9 Å². The standard InChI is InChI=1S/C16H22N2O3S.ClH/c17-11-6-5-10(16(20)21)7-18(8-11)15(19)13-9-22-14-4-2-1-3-12(13)14;/h9-11H,1-8,17H2,(H,20,21);1H/t10-,11+;/m0./s1. The van der Waals surface area contributed by atoms with Crippen molar-refractivity contribution in [3.63, 3.8) is 0 Å². The van der Waals surface area contributed by atoms with Crippen molar-refractivity contribution in [1.82, 2.24) is 4.90 Å². The number of fused-ring (bicyclic) bond motifs is 1. The van der Waals surface area contributed by atoms with E-state index in [1.54, 1.807) is 16.2 Å². The number of amides is 1. The quantitative estimate of drug-likeness (QED) is 0.849. The maximum absolute atomic E-state index is 12.9. The van der Waals surface area contributed by atoms with Crippen molar-refractivity contribution < 1.29 is 14.7 Å². The Morgan fingerprint density at radius 2 is 1.96 bits per heavy atom. The molecule has 23 heavy (non-hydrogen) atoms. The van der Waals surface area contributed by atoms with Gasteiger partial charge in [-0.05, 0) is 44.1 Å². The number of carbonyl (C=O) groups excluding carboxylic acids is 1. The zero-order chi connectivity index (χ0) is 15.7. The van der Waals surface area contributed by atoms with Gasteiger partial charge >= 0.3 is 5.97 Å². The summed E-state index contributed by atoms with van der Waals surface area (Å²) in [4.78, 5) is 27.2. The van der Waals surface area contributed by atoms with Crippen molar-refractivity contribution in [3.8, 4) is 0 Å². The molecule has 1 saturated heterocycles. The smallest absolute Gasteiger partial charge is 0.308 e. The normalized spacial score (nSPS) is 24.3. The second-order valence-corrected chi connectivity index (χ2v) is 7.31. The van der Waals surface area contributed by atoms with Crippen LogP contribution in [-0.2, 0) is 17.6 Å². The van der Waals surface area contributed by atoms with Crippen LogP contribution in [0.5, 0.6) is 0 Å². The van der Waals surface area contributed by atoms with Gasteiger partial charge in [-0.15, -0.1) is 23.7 Å². The van der Waals surface area contributed by atoms with E-state index in [0.717, 1.165) is 24.8 Å². The predicted octanol–water partition coefficient (Wildman–Crippen LogP) is 2.31. The zero-order valence-electron chi connectivity index (χ0n) is 13.0. The van der Waals surface area contributed by atoms with Gasteiger partial charge in [0.15, 0.2) is 0 Å². The van der Waals surface area contributed by atoms with Crippen LogP contribution in [0.4, 0.5) is 0 Å². The molecule has 1 aliphatic carbocycles. The van der Waals surface area contributed by atoms with E-state index < -0.39 is 11.9 Å². The second-order valence-electron chi connectivity index (χ2n) is 6.34. The molecular formula is C16H23ClN2O3S. The minimum Gasteiger partial charge on any atom is -0.481 e. The number of thiophene rings is 1. The summed E-state index contributed by atoms with van der Waals surface area (Å²) < 4.78 is 0. The molecule has 0 spiro atoms. The summed E-state index contributed by atoms with van der Waals surface area (Å²) in [6.07, 6.45) is 5.54. The summed E-state index contributed by atoms with van der Waals surface area (Å²) in [6.45, 7) is 0.722. The van der Waals surface area contributed by atoms with Crippen LogP contribution in [0.15, 0.2) is 5.38 Å². The van der Waals surface area contributed by atoms with Crippen molar-refractivity contribution in [2.24, 2.45) is 11.7 Å². The van der Waals surface area contributed by atoms with Crippen molar-refractivity contribution in [1.29, 1.82) is 0 Å². The van der Waals surface area contributed by atoms with E-state index in [-0.39, 0.29) is 30.9 Å². The van der Waals surface area contributed by atoms with E-state index in [9.17, 15) is 14.7 Å². The Hall–Kier alpha value is -1.11. The lowest BCUT2D eigenvalue weighted by Gasteiger charge is -2.25. The fourth-order valence-electron chi connectivity index (χ4n) is 3.43. The average Bonchev–Trinajstić information content (AvgIpc) is 2.82. The molecule has 0 aromatic carbocycles. The Morgan fingerprint density at radius 1 is 1.22 bits per heavy atom. The molecule has 3 rings (SSSR count). The van der Waals surface area contributed by atoms with Gasteiger partial charge in [-0.3, -0.25) is 9.59 Å². The van der Waals surface area contributed by atoms with Crippen LogP contribution in [0.3, 0.4) is 0 Å². The number of likely N-dealkylation sites (tertiary alicyclic amines) is 1. The van der Waals surface area contributed by atoms with E-state index in [0.29, 0.717) is 19.4 Å². The van der Waals surface area contributed by atoms with Crippen molar-refractivity contribution in [2.75, 3.05) is 13.1 Å². The van der Waals surface area contributed by atoms with Crippen molar-refractivity contribution in [2.45, 2.75) is 44.6 Å². The van der Waals surface area contributed by atoms with Gasteiger partial charge in [0.05, 0.1) is 11.5 Å². The van der Waals surface area contributed by atoms with Gasteiger partial charge in [0.2, 0.25) is 0 Å². The molecule has 2 aliphatic rings. The summed E-state index contributed by atoms with van der Waals surface area (Å²) in [7, 11) is 0. The van der Waals surface area contributed by atoms with Crippen LogP contribution in [0.25, 0.3) is 0 Å². The Labute approximate surface area is 146 Å². The Balaban J connectivity index is 0.00000192. The molecule has 1 aromatic rings. The number of nitrogens with two attached hydrogens (primary N) is 1. The first kappa shape index (κ1) is 18.2. The molecule has 5 nitrogen and oxygen atoms in total. The molecular weight excluding hydrogens is 336 g/mol. The zero-order valence-corrected chi connectivity index (χ0v) is 14.6. The van der Waals surface area contributed by atoms with E-state index in [4.69, 9.17) is 5.73 Å². The number of nitrogens with zero attached hydrogens (tertiary/aromatic N) is 1. The number of carbonyl (C=O) groups is 2. The number of carboxylic acid groups (broad SMARTS) is 1. The third-order valence-electron chi connectivity index (χ3n) is 4.71. The second kappa shape index (κ2) is 7.64. The molecule has 0 unspecified atom stereocenters. The lowest BCUT2D eigenvalue weighted by Crippen LogP contribution is -2.41. The minimum atomic E-state index is -0.834. The van der Waals surface area contributed by atoms with Gasteiger partial charge in [0.1, 0.15) is 0 Å². The Bertz CT molecular complexity index is 590. The first-order valence-corrected chi connectivity index (χ1v) is 8.81. The SMILES string of the molecule is Cl.N[C@@H]1CC[C@H](C(=O)O)CN(C(=O)c2csc3c2CCCC3)C1. The first-order chi connectivity index (χ1) is 10.6. The summed E-state index contributed by atoms with van der Waals surface area (Å²) in [5.74, 6) is -1.38. The number of aliphatic carboxylic acids is 1. The van der Waals surface area contributed by atoms with Crippen LogP contribution in [0.1, 0.15) is 46.5 Å². The lowest BCUT2D eigenvalue weighted by molar-refractivity contribution is -0.142. The van der Waals surface area contributed by atoms with Crippen LogP contribution < -0.4 is 5.73 Å². The highest BCUT2D eigenvalue weighted by Crippen LogP contribution is 2.31. The van der Waals surface area contributed by atoms with Crippen molar-refractivity contribution in [3.05, 3.63) is 21.4 Å². The maximum Gasteiger partial charge on any atom is 0.308 e. The average molecular weight is 359 g/mol. The minimum absolute atomic E-state index is 0. The molecule has 3 N–H and O–H groups in total. The van der Waals surface area contributed by atoms with Gasteiger partial charge in [-0.1, -0.05) is 0 Å². The lowest BCUT2D eigenvalue weighted by atomic mass is 9.95. The highest BCUT2D eigenvalue weighted by atomic mass is 35.5. The molecule has 0 bridgehead atoms. The monoisotopic (exact) mass is 358 g/mol. The largest absolute Gasteiger partial charge is 0.481 e. The molecule has 2 atom stereocenters. The molecule has 7 heteroatoms. The van der Waals surface area contributed by atoms with Gasteiger partial charge < -0.3 is 15.7 Å². The fourth-order valence-corrected chi connectivity index (χ4v) is 4.55. The summed E-state index contributed by atoms with van der Waals surface area (Å²) in [5.41, 5.74) is 7.99. The molecule has 1 fully saturated rings. The highest BCUT2D eigenvalue weighted by molar-refractivity contribution is 7.10. The maximum atomic E-state index is 12.9. The molecule has 1 aliphatic heterocycles. The van der Waals surface area contributed by atoms with Gasteiger partial charge in [-0.25, -0.2) is 0 Å². The number of carboxylic acids is 1. The summed E-state index contributed by atoms with van der Waals surface area (Å²) in [5, 5.41) is 11.2. The fraction of sp³-hybridized carbons (Fsp3) is 0.625. The van der Waals surface area contributed by atoms with Crippen LogP contribution in [0, 0.1) is 5.92 Å².